The summed E-state index contributed by atoms with van der Waals surface area (Å²) in [6, 6.07) is 5.00. The van der Waals surface area contributed by atoms with Gasteiger partial charge in [-0.05, 0) is 69.8 Å². The third-order valence-corrected chi connectivity index (χ3v) is 10.6. The van der Waals surface area contributed by atoms with Gasteiger partial charge in [0.1, 0.15) is 18.2 Å². The molecule has 7 heterocycles. The number of nitrogens with one attached hydrogen (secondary N) is 1. The lowest BCUT2D eigenvalue weighted by molar-refractivity contribution is 0.0367. The number of hydrogen-bond acceptors (Lipinski definition) is 10. The average Bonchev–Trinajstić information content (AvgIpc) is 3.74. The molecule has 0 spiro atoms. The van der Waals surface area contributed by atoms with E-state index in [2.05, 4.69) is 15.2 Å². The van der Waals surface area contributed by atoms with E-state index >= 15 is 0 Å². The number of nitrogen functional groups attached to an aromatic ring is 1. The van der Waals surface area contributed by atoms with Crippen molar-refractivity contribution in [1.82, 2.24) is 30.2 Å². The van der Waals surface area contributed by atoms with Crippen LogP contribution in [0.25, 0.3) is 32.4 Å². The zero-order valence-corrected chi connectivity index (χ0v) is 23.8. The molecule has 13 heteroatoms. The summed E-state index contributed by atoms with van der Waals surface area (Å²) in [5, 5.41) is 4.09. The van der Waals surface area contributed by atoms with E-state index in [0.717, 1.165) is 50.1 Å². The number of ether oxygens (including phenoxy) is 1. The lowest BCUT2D eigenvalue weighted by atomic mass is 9.95. The van der Waals surface area contributed by atoms with E-state index in [0.29, 0.717) is 64.2 Å². The van der Waals surface area contributed by atoms with E-state index < -0.39 is 17.8 Å². The molecule has 4 fully saturated rings. The van der Waals surface area contributed by atoms with Crippen molar-refractivity contribution in [2.45, 2.75) is 62.1 Å². The molecule has 0 amide bonds. The monoisotopic (exact) mass is 596 g/mol. The Balaban J connectivity index is 1.22. The predicted molar refractivity (Wildman–Crippen MR) is 156 cm³/mol. The van der Waals surface area contributed by atoms with Crippen molar-refractivity contribution in [3.63, 3.8) is 0 Å². The standard InChI is InChI=1S/C29H31F3N8OS/c30-19-4-3-17(22-23(19)42-26(33)36-22)20-11-21-18(12-34-20)24(39-13-16-5-8-29(14-39,38-16)25(31)32)37-27(35-21)41-15-28-6-1-9-40(28)10-2-7-28/h3-4,11-12,16,25,38H,1-2,5-10,13-15H2,(H2,33,36). The fourth-order valence-corrected chi connectivity index (χ4v) is 8.38. The SMILES string of the molecule is Nc1nc2c(-c3cc4nc(OCC56CCCN5CCC6)nc(N5CC6CCC(C(F)F)(C5)N6)c4cn3)ccc(F)c2s1. The minimum absolute atomic E-state index is 0.0000381. The van der Waals surface area contributed by atoms with Crippen LogP contribution in [-0.2, 0) is 0 Å². The van der Waals surface area contributed by atoms with Gasteiger partial charge >= 0.3 is 6.01 Å². The van der Waals surface area contributed by atoms with Gasteiger partial charge in [-0.15, -0.1) is 0 Å². The number of nitrogens with zero attached hydrogens (tertiary/aromatic N) is 6. The van der Waals surface area contributed by atoms with Crippen LogP contribution >= 0.6 is 11.3 Å². The lowest BCUT2D eigenvalue weighted by Crippen LogP contribution is -2.63. The number of hydrogen-bond donors (Lipinski definition) is 2. The van der Waals surface area contributed by atoms with Gasteiger partial charge in [-0.3, -0.25) is 9.88 Å². The first-order valence-electron chi connectivity index (χ1n) is 14.5. The van der Waals surface area contributed by atoms with E-state index in [-0.39, 0.29) is 29.3 Å². The summed E-state index contributed by atoms with van der Waals surface area (Å²) in [5.41, 5.74) is 6.84. The second-order valence-corrected chi connectivity index (χ2v) is 13.2. The molecule has 2 unspecified atom stereocenters. The Kier molecular flexibility index (Phi) is 6.03. The minimum atomic E-state index is -2.50. The van der Waals surface area contributed by atoms with Crippen LogP contribution in [0.3, 0.4) is 0 Å². The van der Waals surface area contributed by atoms with Crippen LogP contribution in [0.2, 0.25) is 0 Å². The van der Waals surface area contributed by atoms with E-state index in [1.54, 1.807) is 12.3 Å². The first kappa shape index (κ1) is 26.3. The average molecular weight is 597 g/mol. The second kappa shape index (κ2) is 9.61. The molecule has 4 saturated heterocycles. The Morgan fingerprint density at radius 2 is 1.98 bits per heavy atom. The first-order chi connectivity index (χ1) is 20.3. The number of pyridine rings is 1. The predicted octanol–water partition coefficient (Wildman–Crippen LogP) is 4.61. The Hall–Kier alpha value is -3.29. The highest BCUT2D eigenvalue weighted by Crippen LogP contribution is 2.41. The molecule has 0 radical (unpaired) electrons. The molecule has 2 atom stereocenters. The zero-order chi connectivity index (χ0) is 28.6. The van der Waals surface area contributed by atoms with Gasteiger partial charge in [0.2, 0.25) is 0 Å². The topological polar surface area (TPSA) is 105 Å². The number of rotatable bonds is 6. The largest absolute Gasteiger partial charge is 0.461 e. The number of benzene rings is 1. The second-order valence-electron chi connectivity index (χ2n) is 12.2. The van der Waals surface area contributed by atoms with Crippen LogP contribution in [0.4, 0.5) is 24.1 Å². The van der Waals surface area contributed by atoms with E-state index in [1.807, 2.05) is 11.0 Å². The molecule has 42 heavy (non-hydrogen) atoms. The van der Waals surface area contributed by atoms with Crippen molar-refractivity contribution in [3.05, 3.63) is 30.2 Å². The van der Waals surface area contributed by atoms with Crippen molar-refractivity contribution in [2.75, 3.05) is 43.4 Å². The third-order valence-electron chi connectivity index (χ3n) is 9.67. The lowest BCUT2D eigenvalue weighted by Gasteiger charge is -2.41. The maximum absolute atomic E-state index is 14.5. The van der Waals surface area contributed by atoms with Crippen LogP contribution in [0.5, 0.6) is 6.01 Å². The van der Waals surface area contributed by atoms with Crippen molar-refractivity contribution in [1.29, 1.82) is 0 Å². The Morgan fingerprint density at radius 1 is 1.14 bits per heavy atom. The molecule has 0 saturated carbocycles. The molecule has 3 aromatic heterocycles. The van der Waals surface area contributed by atoms with Crippen molar-refractivity contribution >= 4 is 43.4 Å². The van der Waals surface area contributed by atoms with Gasteiger partial charge in [-0.25, -0.2) is 18.2 Å². The molecule has 1 aromatic carbocycles. The number of piperazine rings is 1. The maximum atomic E-state index is 14.5. The van der Waals surface area contributed by atoms with Crippen molar-refractivity contribution in [3.8, 4) is 17.3 Å². The number of thiazole rings is 1. The van der Waals surface area contributed by atoms with Gasteiger partial charge in [-0.1, -0.05) is 11.3 Å². The highest BCUT2D eigenvalue weighted by molar-refractivity contribution is 7.22. The Labute approximate surface area is 244 Å². The number of alkyl halides is 2. The van der Waals surface area contributed by atoms with E-state index in [9.17, 15) is 13.2 Å². The molecule has 0 aliphatic carbocycles. The van der Waals surface area contributed by atoms with Gasteiger partial charge in [0, 0.05) is 30.9 Å². The van der Waals surface area contributed by atoms with Gasteiger partial charge in [0.25, 0.3) is 6.43 Å². The molecule has 4 aromatic rings. The fraction of sp³-hybridized carbons (Fsp3) is 0.517. The summed E-state index contributed by atoms with van der Waals surface area (Å²) in [7, 11) is 0. The summed E-state index contributed by atoms with van der Waals surface area (Å²) in [5.74, 6) is 0.152. The van der Waals surface area contributed by atoms with Crippen LogP contribution < -0.4 is 20.7 Å². The number of nitrogens with two attached hydrogens (primary N) is 1. The Morgan fingerprint density at radius 3 is 2.79 bits per heavy atom. The molecular formula is C29H31F3N8OS. The number of anilines is 2. The highest BCUT2D eigenvalue weighted by Gasteiger charge is 2.51. The third kappa shape index (κ3) is 4.11. The van der Waals surface area contributed by atoms with Gasteiger partial charge in [0.05, 0.1) is 37.9 Å². The molecule has 4 aliphatic rings. The van der Waals surface area contributed by atoms with Gasteiger partial charge in [-0.2, -0.15) is 9.97 Å². The van der Waals surface area contributed by atoms with Crippen LogP contribution in [0, 0.1) is 5.82 Å². The number of aromatic nitrogens is 4. The molecule has 4 aliphatic heterocycles. The fourth-order valence-electron chi connectivity index (χ4n) is 7.62. The van der Waals surface area contributed by atoms with Crippen LogP contribution in [0.15, 0.2) is 24.4 Å². The summed E-state index contributed by atoms with van der Waals surface area (Å²) in [4.78, 5) is 23.1. The molecule has 8 rings (SSSR count). The normalized spacial score (nSPS) is 25.2. The molecular weight excluding hydrogens is 565 g/mol. The Bertz CT molecular complexity index is 1690. The minimum Gasteiger partial charge on any atom is -0.461 e. The van der Waals surface area contributed by atoms with Gasteiger partial charge in [0.15, 0.2) is 5.13 Å². The highest BCUT2D eigenvalue weighted by atomic mass is 32.1. The summed E-state index contributed by atoms with van der Waals surface area (Å²) >= 11 is 1.09. The molecule has 220 valence electrons. The molecule has 9 nitrogen and oxygen atoms in total. The van der Waals surface area contributed by atoms with Crippen molar-refractivity contribution < 1.29 is 17.9 Å². The van der Waals surface area contributed by atoms with Gasteiger partial charge < -0.3 is 20.7 Å². The maximum Gasteiger partial charge on any atom is 0.319 e. The molecule has 3 N–H and O–H groups in total. The molecule has 2 bridgehead atoms. The smallest absolute Gasteiger partial charge is 0.319 e. The quantitative estimate of drug-likeness (QED) is 0.330. The summed E-state index contributed by atoms with van der Waals surface area (Å²) in [6.07, 6.45) is 4.72. The summed E-state index contributed by atoms with van der Waals surface area (Å²) in [6.45, 7) is 3.32. The van der Waals surface area contributed by atoms with Crippen LogP contribution in [0.1, 0.15) is 38.5 Å². The summed E-state index contributed by atoms with van der Waals surface area (Å²) < 4.78 is 49.8. The number of fused-ring (bicyclic) bond motifs is 5. The zero-order valence-electron chi connectivity index (χ0n) is 23.0. The van der Waals surface area contributed by atoms with E-state index in [1.165, 1.54) is 6.07 Å². The van der Waals surface area contributed by atoms with Crippen LogP contribution in [-0.4, -0.2) is 81.2 Å². The van der Waals surface area contributed by atoms with Crippen molar-refractivity contribution in [2.24, 2.45) is 0 Å². The van der Waals surface area contributed by atoms with E-state index in [4.69, 9.17) is 25.4 Å². The number of halogens is 3. The first-order valence-corrected chi connectivity index (χ1v) is 15.4.